The SMILES string of the molecule is CON=C(C(=O)N[C@H]1CN(C(=O)NS(=O)(=O)NC(=O)N2CCOC2=O)C1=O)c1csc(N)n1. The van der Waals surface area contributed by atoms with Crippen molar-refractivity contribution in [3.05, 3.63) is 11.1 Å². The summed E-state index contributed by atoms with van der Waals surface area (Å²) in [5.41, 5.74) is 5.35. The molecule has 0 aromatic carbocycles. The molecule has 0 aliphatic carbocycles. The van der Waals surface area contributed by atoms with E-state index in [0.29, 0.717) is 9.80 Å². The fraction of sp³-hybridized carbons (Fsp3) is 0.357. The summed E-state index contributed by atoms with van der Waals surface area (Å²) >= 11 is 1.04. The molecule has 3 heterocycles. The number of aromatic nitrogens is 1. The molecular formula is C14H16N8O9S2. The van der Waals surface area contributed by atoms with Crippen LogP contribution in [0.25, 0.3) is 0 Å². The lowest BCUT2D eigenvalue weighted by molar-refractivity contribution is -0.141. The molecule has 5 N–H and O–H groups in total. The molecule has 2 fully saturated rings. The van der Waals surface area contributed by atoms with Gasteiger partial charge in [-0.25, -0.2) is 33.7 Å². The Balaban J connectivity index is 1.54. The molecule has 0 unspecified atom stereocenters. The quantitative estimate of drug-likeness (QED) is 0.180. The lowest BCUT2D eigenvalue weighted by Gasteiger charge is -2.36. The predicted octanol–water partition coefficient (Wildman–Crippen LogP) is -2.48. The molecule has 2 aliphatic rings. The lowest BCUT2D eigenvalue weighted by Crippen LogP contribution is -2.68. The maximum Gasteiger partial charge on any atom is 0.418 e. The highest BCUT2D eigenvalue weighted by Crippen LogP contribution is 2.14. The maximum absolute atomic E-state index is 12.4. The zero-order chi connectivity index (χ0) is 24.3. The number of thiazole rings is 1. The smallest absolute Gasteiger partial charge is 0.418 e. The third-order valence-electron chi connectivity index (χ3n) is 4.09. The van der Waals surface area contributed by atoms with E-state index >= 15 is 0 Å². The number of amides is 7. The third kappa shape index (κ3) is 5.26. The van der Waals surface area contributed by atoms with Crippen molar-refractivity contribution >= 4 is 62.4 Å². The van der Waals surface area contributed by atoms with Gasteiger partial charge in [0.1, 0.15) is 25.5 Å². The van der Waals surface area contributed by atoms with Crippen LogP contribution in [0.2, 0.25) is 0 Å². The van der Waals surface area contributed by atoms with Crippen molar-refractivity contribution in [2.45, 2.75) is 6.04 Å². The molecule has 178 valence electrons. The molecule has 19 heteroatoms. The van der Waals surface area contributed by atoms with Gasteiger partial charge in [-0.2, -0.15) is 8.42 Å². The number of β-lactam (4-membered cyclic amide) rings is 1. The summed E-state index contributed by atoms with van der Waals surface area (Å²) in [7, 11) is -3.57. The van der Waals surface area contributed by atoms with E-state index in [4.69, 9.17) is 5.73 Å². The number of carbonyl (C=O) groups excluding carboxylic acids is 5. The van der Waals surface area contributed by atoms with Gasteiger partial charge in [-0.1, -0.05) is 5.16 Å². The van der Waals surface area contributed by atoms with Crippen LogP contribution in [0.15, 0.2) is 10.5 Å². The van der Waals surface area contributed by atoms with Gasteiger partial charge in [0.05, 0.1) is 13.1 Å². The summed E-state index contributed by atoms with van der Waals surface area (Å²) in [6.45, 7) is -0.666. The number of ether oxygens (including phenoxy) is 1. The zero-order valence-electron chi connectivity index (χ0n) is 16.6. The number of carbonyl (C=O) groups is 5. The van der Waals surface area contributed by atoms with Gasteiger partial charge in [0, 0.05) is 5.38 Å². The number of nitrogen functional groups attached to an aromatic ring is 1. The van der Waals surface area contributed by atoms with Crippen molar-refractivity contribution in [1.29, 1.82) is 0 Å². The standard InChI is InChI=1S/C14H16N8O9S2/c1-30-18-8(7-5-32-11(15)17-7)9(23)16-6-4-22(10(6)24)13(26)20-33(28,29)19-12(25)21-2-3-31-14(21)27/h5-6H,2-4H2,1H3,(H2,15,17)(H,16,23)(H,19,25)(H,20,26)/t6-/m0/s1. The minimum atomic E-state index is -4.76. The van der Waals surface area contributed by atoms with Gasteiger partial charge in [0.15, 0.2) is 10.8 Å². The van der Waals surface area contributed by atoms with Gasteiger partial charge in [-0.05, 0) is 0 Å². The number of rotatable bonds is 6. The maximum atomic E-state index is 12.4. The van der Waals surface area contributed by atoms with Crippen LogP contribution in [-0.4, -0.2) is 91.7 Å². The summed E-state index contributed by atoms with van der Waals surface area (Å²) in [5.74, 6) is -1.78. The topological polar surface area (TPSA) is 232 Å². The number of nitrogens with two attached hydrogens (primary N) is 1. The first-order valence-corrected chi connectivity index (χ1v) is 11.2. The second-order valence-corrected chi connectivity index (χ2v) is 8.56. The predicted molar refractivity (Wildman–Crippen MR) is 108 cm³/mol. The van der Waals surface area contributed by atoms with Gasteiger partial charge in [-0.15, -0.1) is 11.3 Å². The number of anilines is 1. The Bertz CT molecular complexity index is 1150. The van der Waals surface area contributed by atoms with Gasteiger partial charge in [0.25, 0.3) is 11.8 Å². The molecule has 7 amide bonds. The van der Waals surface area contributed by atoms with Crippen molar-refractivity contribution in [3.63, 3.8) is 0 Å². The molecule has 3 rings (SSSR count). The number of imide groups is 2. The molecular weight excluding hydrogens is 488 g/mol. The Morgan fingerprint density at radius 3 is 2.45 bits per heavy atom. The molecule has 1 aromatic heterocycles. The van der Waals surface area contributed by atoms with Crippen molar-refractivity contribution < 1.29 is 42.0 Å². The first kappa shape index (κ1) is 23.7. The third-order valence-corrected chi connectivity index (χ3v) is 5.65. The number of oxime groups is 1. The van der Waals surface area contributed by atoms with E-state index in [1.165, 1.54) is 21.9 Å². The van der Waals surface area contributed by atoms with E-state index in [0.717, 1.165) is 11.3 Å². The highest BCUT2D eigenvalue weighted by Gasteiger charge is 2.44. The van der Waals surface area contributed by atoms with E-state index in [1.54, 1.807) is 0 Å². The average molecular weight is 504 g/mol. The highest BCUT2D eigenvalue weighted by molar-refractivity contribution is 7.88. The summed E-state index contributed by atoms with van der Waals surface area (Å²) < 4.78 is 31.3. The van der Waals surface area contributed by atoms with Crippen LogP contribution in [-0.2, 0) is 29.4 Å². The minimum Gasteiger partial charge on any atom is -0.447 e. The summed E-state index contributed by atoms with van der Waals surface area (Å²) in [6, 6.07) is -3.89. The zero-order valence-corrected chi connectivity index (χ0v) is 18.3. The normalized spacial score (nSPS) is 18.3. The van der Waals surface area contributed by atoms with E-state index < -0.39 is 46.2 Å². The van der Waals surface area contributed by atoms with Crippen LogP contribution in [0, 0.1) is 0 Å². The first-order valence-electron chi connectivity index (χ1n) is 8.80. The monoisotopic (exact) mass is 504 g/mol. The minimum absolute atomic E-state index is 0.0990. The fourth-order valence-corrected chi connectivity index (χ4v) is 3.86. The number of nitrogens with zero attached hydrogens (tertiary/aromatic N) is 4. The molecule has 17 nitrogen and oxygen atoms in total. The second-order valence-electron chi connectivity index (χ2n) is 6.25. The Morgan fingerprint density at radius 1 is 1.27 bits per heavy atom. The van der Waals surface area contributed by atoms with E-state index in [1.807, 2.05) is 0 Å². The van der Waals surface area contributed by atoms with Crippen LogP contribution >= 0.6 is 11.3 Å². The van der Waals surface area contributed by atoms with Crippen molar-refractivity contribution in [3.8, 4) is 0 Å². The molecule has 0 saturated carbocycles. The fourth-order valence-electron chi connectivity index (χ4n) is 2.58. The van der Waals surface area contributed by atoms with Crippen molar-refractivity contribution in [1.82, 2.24) is 29.5 Å². The average Bonchev–Trinajstić information content (AvgIpc) is 3.35. The Kier molecular flexibility index (Phi) is 6.62. The molecule has 1 aromatic rings. The number of urea groups is 2. The van der Waals surface area contributed by atoms with E-state index in [-0.39, 0.29) is 36.2 Å². The molecule has 0 spiro atoms. The van der Waals surface area contributed by atoms with Crippen LogP contribution in [0.3, 0.4) is 0 Å². The molecule has 0 bridgehead atoms. The number of hydrogen-bond acceptors (Lipinski definition) is 13. The second kappa shape index (κ2) is 9.24. The summed E-state index contributed by atoms with van der Waals surface area (Å²) in [4.78, 5) is 69.2. The number of hydrogen-bond donors (Lipinski definition) is 4. The lowest BCUT2D eigenvalue weighted by atomic mass is 10.1. The van der Waals surface area contributed by atoms with Gasteiger partial charge < -0.3 is 20.6 Å². The largest absolute Gasteiger partial charge is 0.447 e. The Morgan fingerprint density at radius 2 is 1.94 bits per heavy atom. The number of nitrogens with one attached hydrogen (secondary N) is 3. The first-order chi connectivity index (χ1) is 15.5. The van der Waals surface area contributed by atoms with Gasteiger partial charge in [-0.3, -0.25) is 14.5 Å². The van der Waals surface area contributed by atoms with Gasteiger partial charge in [0.2, 0.25) is 0 Å². The molecule has 1 atom stereocenters. The summed E-state index contributed by atoms with van der Waals surface area (Å²) in [5, 5.41) is 7.46. The van der Waals surface area contributed by atoms with E-state index in [2.05, 4.69) is 25.0 Å². The van der Waals surface area contributed by atoms with Crippen LogP contribution in [0.5, 0.6) is 0 Å². The van der Waals surface area contributed by atoms with Gasteiger partial charge >= 0.3 is 28.4 Å². The highest BCUT2D eigenvalue weighted by atomic mass is 32.2. The summed E-state index contributed by atoms with van der Waals surface area (Å²) in [6.07, 6.45) is -1.05. The Hall–Kier alpha value is -4.00. The molecule has 2 saturated heterocycles. The van der Waals surface area contributed by atoms with Crippen LogP contribution in [0.1, 0.15) is 5.69 Å². The van der Waals surface area contributed by atoms with Crippen LogP contribution in [0.4, 0.5) is 19.5 Å². The van der Waals surface area contributed by atoms with Crippen molar-refractivity contribution in [2.75, 3.05) is 32.5 Å². The number of likely N-dealkylation sites (tertiary alicyclic amines) is 1. The molecule has 33 heavy (non-hydrogen) atoms. The Labute approximate surface area is 189 Å². The number of cyclic esters (lactones) is 1. The molecule has 0 radical (unpaired) electrons. The van der Waals surface area contributed by atoms with Crippen LogP contribution < -0.4 is 20.5 Å². The van der Waals surface area contributed by atoms with Crippen molar-refractivity contribution in [2.24, 2.45) is 5.16 Å². The molecule has 2 aliphatic heterocycles. The van der Waals surface area contributed by atoms with E-state index in [9.17, 15) is 32.4 Å².